The number of nitrogens with zero attached hydrogens (tertiary/aromatic N) is 1. The molecule has 7 heteroatoms. The Balaban J connectivity index is 1.65. The zero-order valence-corrected chi connectivity index (χ0v) is 15.3. The van der Waals surface area contributed by atoms with Crippen LogP contribution in [0.5, 0.6) is 11.5 Å². The average molecular weight is 370 g/mol. The monoisotopic (exact) mass is 370 g/mol. The second-order valence-corrected chi connectivity index (χ2v) is 6.67. The fourth-order valence-electron chi connectivity index (χ4n) is 2.92. The molecule has 7 nitrogen and oxygen atoms in total. The third kappa shape index (κ3) is 4.75. The summed E-state index contributed by atoms with van der Waals surface area (Å²) in [5.41, 5.74) is 1.99. The molecule has 0 saturated heterocycles. The lowest BCUT2D eigenvalue weighted by molar-refractivity contribution is -0.385. The lowest BCUT2D eigenvalue weighted by Crippen LogP contribution is -2.33. The second-order valence-electron chi connectivity index (χ2n) is 6.67. The van der Waals surface area contributed by atoms with Crippen molar-refractivity contribution >= 4 is 11.6 Å². The fourth-order valence-corrected chi connectivity index (χ4v) is 2.92. The van der Waals surface area contributed by atoms with Crippen LogP contribution >= 0.6 is 0 Å². The maximum absolute atomic E-state index is 12.4. The molecule has 1 atom stereocenters. The Bertz CT molecular complexity index is 831. The van der Waals surface area contributed by atoms with E-state index in [9.17, 15) is 14.9 Å². The topological polar surface area (TPSA) is 90.7 Å². The summed E-state index contributed by atoms with van der Waals surface area (Å²) in [5.74, 6) is 0.505. The molecule has 0 spiro atoms. The lowest BCUT2D eigenvalue weighted by atomic mass is 10.0. The van der Waals surface area contributed by atoms with Crippen LogP contribution in [0.25, 0.3) is 0 Å². The normalized spacial score (nSPS) is 14.3. The van der Waals surface area contributed by atoms with Crippen LogP contribution < -0.4 is 14.8 Å². The number of ether oxygens (including phenoxy) is 2. The van der Waals surface area contributed by atoms with E-state index in [0.29, 0.717) is 11.7 Å². The number of nitro benzene ring substituents is 1. The van der Waals surface area contributed by atoms with Crippen molar-refractivity contribution in [3.8, 4) is 11.5 Å². The Labute approximate surface area is 157 Å². The molecule has 0 aromatic heterocycles. The molecular formula is C20H22N2O5. The quantitative estimate of drug-likeness (QED) is 0.567. The van der Waals surface area contributed by atoms with Gasteiger partial charge in [0, 0.05) is 0 Å². The Morgan fingerprint density at radius 1 is 1.26 bits per heavy atom. The molecule has 1 unspecified atom stereocenters. The number of hydrogen-bond donors (Lipinski definition) is 1. The van der Waals surface area contributed by atoms with Crippen LogP contribution in [-0.2, 0) is 4.79 Å². The van der Waals surface area contributed by atoms with Gasteiger partial charge in [-0.1, -0.05) is 29.8 Å². The molecule has 2 aromatic carbocycles. The van der Waals surface area contributed by atoms with E-state index in [4.69, 9.17) is 9.47 Å². The number of amides is 1. The zero-order chi connectivity index (χ0) is 19.4. The maximum atomic E-state index is 12.4. The molecule has 0 aliphatic heterocycles. The summed E-state index contributed by atoms with van der Waals surface area (Å²) in [6.45, 7) is 1.73. The standard InChI is InChI=1S/C20H22N2O5/c1-13-3-5-14(6-4-13)20(15-7-8-15)21-19(23)12-27-18-10-9-16(26-2)11-17(18)22(24)25/h3-6,9-11,15,20H,7-8,12H2,1-2H3,(H,21,23). The van der Waals surface area contributed by atoms with Crippen LogP contribution in [0.2, 0.25) is 0 Å². The summed E-state index contributed by atoms with van der Waals surface area (Å²) >= 11 is 0. The van der Waals surface area contributed by atoms with Crippen LogP contribution in [0.15, 0.2) is 42.5 Å². The molecule has 0 heterocycles. The summed E-state index contributed by atoms with van der Waals surface area (Å²) in [6, 6.07) is 12.3. The largest absolute Gasteiger partial charge is 0.496 e. The van der Waals surface area contributed by atoms with Crippen molar-refractivity contribution in [1.82, 2.24) is 5.32 Å². The molecule has 1 amide bonds. The molecular weight excluding hydrogens is 348 g/mol. The highest BCUT2D eigenvalue weighted by Gasteiger charge is 2.33. The maximum Gasteiger partial charge on any atom is 0.314 e. The van der Waals surface area contributed by atoms with Crippen molar-refractivity contribution in [2.24, 2.45) is 5.92 Å². The number of hydrogen-bond acceptors (Lipinski definition) is 5. The molecule has 1 aliphatic carbocycles. The first-order chi connectivity index (χ1) is 13.0. The molecule has 1 aliphatic rings. The minimum atomic E-state index is -0.560. The molecule has 142 valence electrons. The molecule has 1 N–H and O–H groups in total. The van der Waals surface area contributed by atoms with E-state index >= 15 is 0 Å². The molecule has 0 bridgehead atoms. The van der Waals surface area contributed by atoms with Gasteiger partial charge >= 0.3 is 5.69 Å². The number of benzene rings is 2. The minimum absolute atomic E-state index is 0.0363. The lowest BCUT2D eigenvalue weighted by Gasteiger charge is -2.19. The summed E-state index contributed by atoms with van der Waals surface area (Å²) in [4.78, 5) is 23.0. The third-order valence-electron chi connectivity index (χ3n) is 4.57. The van der Waals surface area contributed by atoms with Gasteiger partial charge in [-0.15, -0.1) is 0 Å². The smallest absolute Gasteiger partial charge is 0.314 e. The van der Waals surface area contributed by atoms with Crippen molar-refractivity contribution in [3.63, 3.8) is 0 Å². The highest BCUT2D eigenvalue weighted by atomic mass is 16.6. The number of rotatable bonds is 8. The Kier molecular flexibility index (Phi) is 5.59. The first kappa shape index (κ1) is 18.7. The number of methoxy groups -OCH3 is 1. The average Bonchev–Trinajstić information content (AvgIpc) is 3.50. The van der Waals surface area contributed by atoms with Crippen molar-refractivity contribution < 1.29 is 19.2 Å². The van der Waals surface area contributed by atoms with Crippen molar-refractivity contribution in [2.45, 2.75) is 25.8 Å². The van der Waals surface area contributed by atoms with Gasteiger partial charge in [0.2, 0.25) is 0 Å². The first-order valence-electron chi connectivity index (χ1n) is 8.79. The molecule has 0 radical (unpaired) electrons. The molecule has 2 aromatic rings. The van der Waals surface area contributed by atoms with Gasteiger partial charge in [-0.05, 0) is 43.4 Å². The van der Waals surface area contributed by atoms with Crippen LogP contribution in [0.4, 0.5) is 5.69 Å². The predicted molar refractivity (Wildman–Crippen MR) is 99.9 cm³/mol. The molecule has 1 saturated carbocycles. The molecule has 27 heavy (non-hydrogen) atoms. The summed E-state index contributed by atoms with van der Waals surface area (Å²) < 4.78 is 10.4. The van der Waals surface area contributed by atoms with E-state index in [1.54, 1.807) is 6.07 Å². The van der Waals surface area contributed by atoms with E-state index in [1.165, 1.54) is 19.2 Å². The fraction of sp³-hybridized carbons (Fsp3) is 0.350. The SMILES string of the molecule is COc1ccc(OCC(=O)NC(c2ccc(C)cc2)C2CC2)c([N+](=O)[O-])c1. The third-order valence-corrected chi connectivity index (χ3v) is 4.57. The van der Waals surface area contributed by atoms with Crippen LogP contribution in [0.3, 0.4) is 0 Å². The van der Waals surface area contributed by atoms with Gasteiger partial charge in [0.05, 0.1) is 24.1 Å². The van der Waals surface area contributed by atoms with Gasteiger partial charge < -0.3 is 14.8 Å². The Hall–Kier alpha value is -3.09. The van der Waals surface area contributed by atoms with Gasteiger partial charge in [0.1, 0.15) is 5.75 Å². The van der Waals surface area contributed by atoms with Crippen LogP contribution in [0.1, 0.15) is 30.0 Å². The van der Waals surface area contributed by atoms with Gasteiger partial charge in [-0.2, -0.15) is 0 Å². The molecule has 3 rings (SSSR count). The van der Waals surface area contributed by atoms with E-state index < -0.39 is 4.92 Å². The summed E-state index contributed by atoms with van der Waals surface area (Å²) in [7, 11) is 1.43. The van der Waals surface area contributed by atoms with Crippen molar-refractivity contribution in [1.29, 1.82) is 0 Å². The van der Waals surface area contributed by atoms with E-state index in [2.05, 4.69) is 5.32 Å². The number of carbonyl (C=O) groups is 1. The van der Waals surface area contributed by atoms with Gasteiger partial charge in [0.15, 0.2) is 12.4 Å². The van der Waals surface area contributed by atoms with Gasteiger partial charge in [-0.3, -0.25) is 14.9 Å². The zero-order valence-electron chi connectivity index (χ0n) is 15.3. The van der Waals surface area contributed by atoms with Crippen molar-refractivity contribution in [2.75, 3.05) is 13.7 Å². The minimum Gasteiger partial charge on any atom is -0.496 e. The summed E-state index contributed by atoms with van der Waals surface area (Å²) in [6.07, 6.45) is 2.15. The second kappa shape index (κ2) is 8.07. The van der Waals surface area contributed by atoms with Gasteiger partial charge in [0.25, 0.3) is 5.91 Å². The van der Waals surface area contributed by atoms with Crippen LogP contribution in [-0.4, -0.2) is 24.5 Å². The van der Waals surface area contributed by atoms with Gasteiger partial charge in [-0.25, -0.2) is 0 Å². The Morgan fingerprint density at radius 3 is 2.56 bits per heavy atom. The Morgan fingerprint density at radius 2 is 1.96 bits per heavy atom. The van der Waals surface area contributed by atoms with E-state index in [1.807, 2.05) is 31.2 Å². The number of nitro groups is 1. The van der Waals surface area contributed by atoms with Crippen LogP contribution in [0, 0.1) is 23.0 Å². The highest BCUT2D eigenvalue weighted by molar-refractivity contribution is 5.78. The van der Waals surface area contributed by atoms with E-state index in [-0.39, 0.29) is 30.0 Å². The summed E-state index contributed by atoms with van der Waals surface area (Å²) in [5, 5.41) is 14.2. The number of nitrogens with one attached hydrogen (secondary N) is 1. The number of carbonyl (C=O) groups excluding carboxylic acids is 1. The predicted octanol–water partition coefficient (Wildman–Crippen LogP) is 3.56. The highest BCUT2D eigenvalue weighted by Crippen LogP contribution is 2.41. The van der Waals surface area contributed by atoms with Crippen molar-refractivity contribution in [3.05, 3.63) is 63.7 Å². The molecule has 1 fully saturated rings. The number of aryl methyl sites for hydroxylation is 1. The first-order valence-corrected chi connectivity index (χ1v) is 8.79. The van der Waals surface area contributed by atoms with E-state index in [0.717, 1.165) is 24.0 Å².